The van der Waals surface area contributed by atoms with Gasteiger partial charge in [-0.25, -0.2) is 4.99 Å². The van der Waals surface area contributed by atoms with Gasteiger partial charge in [0.15, 0.2) is 5.96 Å². The van der Waals surface area contributed by atoms with E-state index in [1.165, 1.54) is 0 Å². The molecule has 0 spiro atoms. The normalized spacial score (nSPS) is 16.0. The average Bonchev–Trinajstić information content (AvgIpc) is 3.29. The number of amides is 1. The van der Waals surface area contributed by atoms with Gasteiger partial charge in [-0.05, 0) is 51.3 Å². The summed E-state index contributed by atoms with van der Waals surface area (Å²) < 4.78 is 5.57. The number of rotatable bonds is 8. The van der Waals surface area contributed by atoms with Gasteiger partial charge in [-0.15, -0.1) is 24.0 Å². The van der Waals surface area contributed by atoms with Crippen LogP contribution < -0.4 is 10.6 Å². The maximum atomic E-state index is 12.0. The lowest BCUT2D eigenvalue weighted by molar-refractivity contribution is -0.128. The summed E-state index contributed by atoms with van der Waals surface area (Å²) in [5.74, 6) is 2.35. The fraction of sp³-hybridized carbons (Fsp3) is 0.500. The van der Waals surface area contributed by atoms with Gasteiger partial charge in [-0.2, -0.15) is 0 Å². The molecule has 3 rings (SSSR count). The van der Waals surface area contributed by atoms with Crippen LogP contribution in [0, 0.1) is 13.8 Å². The predicted molar refractivity (Wildman–Crippen MR) is 137 cm³/mol. The molecule has 1 aromatic heterocycles. The molecule has 176 valence electrons. The number of carbonyl (C=O) groups excluding carboxylic acids is 1. The third-order valence-electron chi connectivity index (χ3n) is 5.62. The number of guanidine groups is 1. The topological polar surface area (TPSA) is 90.1 Å². The molecule has 1 amide bonds. The number of hydrogen-bond acceptors (Lipinski definition) is 4. The number of nitrogens with zero attached hydrogens (tertiary/aromatic N) is 2. The van der Waals surface area contributed by atoms with Gasteiger partial charge in [0.2, 0.25) is 5.91 Å². The Morgan fingerprint density at radius 2 is 1.97 bits per heavy atom. The molecule has 3 N–H and O–H groups in total. The van der Waals surface area contributed by atoms with Gasteiger partial charge in [0, 0.05) is 31.6 Å². The third kappa shape index (κ3) is 6.71. The van der Waals surface area contributed by atoms with Crippen molar-refractivity contribution in [2.24, 2.45) is 4.99 Å². The predicted octanol–water partition coefficient (Wildman–Crippen LogP) is 3.60. The minimum Gasteiger partial charge on any atom is -0.466 e. The van der Waals surface area contributed by atoms with Crippen LogP contribution in [-0.4, -0.2) is 41.5 Å². The van der Waals surface area contributed by atoms with Gasteiger partial charge in [-0.3, -0.25) is 4.79 Å². The fourth-order valence-electron chi connectivity index (χ4n) is 3.97. The van der Waals surface area contributed by atoms with Crippen LogP contribution in [0.15, 0.2) is 39.7 Å². The van der Waals surface area contributed by atoms with E-state index in [1.54, 1.807) is 6.92 Å². The molecule has 1 saturated heterocycles. The molecule has 1 aliphatic heterocycles. The number of likely N-dealkylation sites (tertiary alicyclic amines) is 1. The van der Waals surface area contributed by atoms with Crippen LogP contribution in [0.25, 0.3) is 0 Å². The van der Waals surface area contributed by atoms with Crippen molar-refractivity contribution in [1.82, 2.24) is 15.5 Å². The molecule has 1 fully saturated rings. The number of halogens is 1. The molecule has 1 unspecified atom stereocenters. The Kier molecular flexibility index (Phi) is 9.57. The number of furan rings is 1. The van der Waals surface area contributed by atoms with Crippen molar-refractivity contribution in [3.63, 3.8) is 0 Å². The highest BCUT2D eigenvalue weighted by atomic mass is 127. The summed E-state index contributed by atoms with van der Waals surface area (Å²) in [7, 11) is 0. The van der Waals surface area contributed by atoms with E-state index in [4.69, 9.17) is 9.41 Å². The molecule has 2 heterocycles. The molecule has 0 bridgehead atoms. The third-order valence-corrected chi connectivity index (χ3v) is 5.62. The Bertz CT molecular complexity index is 939. The zero-order valence-electron chi connectivity index (χ0n) is 19.4. The van der Waals surface area contributed by atoms with Crippen LogP contribution in [-0.2, 0) is 23.5 Å². The van der Waals surface area contributed by atoms with Crippen molar-refractivity contribution < 1.29 is 14.3 Å². The molecule has 0 aliphatic carbocycles. The first-order valence-corrected chi connectivity index (χ1v) is 11.0. The number of nitrogens with one attached hydrogen (secondary N) is 2. The number of aliphatic hydroxyl groups is 1. The summed E-state index contributed by atoms with van der Waals surface area (Å²) >= 11 is 0. The van der Waals surface area contributed by atoms with E-state index < -0.39 is 5.60 Å². The molecule has 0 radical (unpaired) electrons. The Balaban J connectivity index is 0.00000363. The van der Waals surface area contributed by atoms with Crippen molar-refractivity contribution in [2.45, 2.75) is 59.2 Å². The zero-order chi connectivity index (χ0) is 22.4. The Morgan fingerprint density at radius 1 is 1.25 bits per heavy atom. The standard InChI is InChI=1S/C24H34N4O3.HI/c1-5-25-23(27-16-24(4,30)21-13-17(2)31-18(21)3)26-14-19-9-6-7-10-20(19)15-28-12-8-11-22(28)29;/h6-7,9-10,13,30H,5,8,11-12,14-16H2,1-4H3,(H2,25,26,27);1H. The lowest BCUT2D eigenvalue weighted by Gasteiger charge is -2.24. The van der Waals surface area contributed by atoms with Crippen molar-refractivity contribution in [1.29, 1.82) is 0 Å². The second kappa shape index (κ2) is 11.7. The maximum Gasteiger partial charge on any atom is 0.222 e. The van der Waals surface area contributed by atoms with Gasteiger partial charge < -0.3 is 25.1 Å². The Labute approximate surface area is 207 Å². The van der Waals surface area contributed by atoms with Gasteiger partial charge in [0.1, 0.15) is 17.1 Å². The lowest BCUT2D eigenvalue weighted by Crippen LogP contribution is -2.44. The summed E-state index contributed by atoms with van der Waals surface area (Å²) in [5, 5.41) is 17.5. The minimum atomic E-state index is -1.09. The molecular weight excluding hydrogens is 519 g/mol. The smallest absolute Gasteiger partial charge is 0.222 e. The second-order valence-corrected chi connectivity index (χ2v) is 8.34. The van der Waals surface area contributed by atoms with Gasteiger partial charge in [0.25, 0.3) is 0 Å². The van der Waals surface area contributed by atoms with E-state index in [9.17, 15) is 9.90 Å². The van der Waals surface area contributed by atoms with E-state index in [-0.39, 0.29) is 29.9 Å². The van der Waals surface area contributed by atoms with Crippen LogP contribution in [0.1, 0.15) is 54.9 Å². The van der Waals surface area contributed by atoms with Gasteiger partial charge in [-0.1, -0.05) is 24.3 Å². The quantitative estimate of drug-likeness (QED) is 0.264. The fourth-order valence-corrected chi connectivity index (χ4v) is 3.97. The Hall–Kier alpha value is -2.07. The SMILES string of the molecule is CCNC(=NCc1ccccc1CN1CCCC1=O)NCC(C)(O)c1cc(C)oc1C.I. The molecule has 2 aromatic rings. The first-order valence-electron chi connectivity index (χ1n) is 11.0. The van der Waals surface area contributed by atoms with E-state index in [1.807, 2.05) is 43.9 Å². The van der Waals surface area contributed by atoms with Crippen LogP contribution >= 0.6 is 24.0 Å². The molecule has 7 nitrogen and oxygen atoms in total. The van der Waals surface area contributed by atoms with Crippen molar-refractivity contribution in [3.05, 3.63) is 58.5 Å². The monoisotopic (exact) mass is 554 g/mol. The van der Waals surface area contributed by atoms with Crippen molar-refractivity contribution >= 4 is 35.8 Å². The summed E-state index contributed by atoms with van der Waals surface area (Å²) in [6, 6.07) is 9.98. The van der Waals surface area contributed by atoms with E-state index in [0.717, 1.165) is 41.2 Å². The van der Waals surface area contributed by atoms with Crippen molar-refractivity contribution in [3.8, 4) is 0 Å². The molecule has 8 heteroatoms. The number of benzene rings is 1. The molecule has 1 aliphatic rings. The van der Waals surface area contributed by atoms with Crippen LogP contribution in [0.3, 0.4) is 0 Å². The number of aryl methyl sites for hydroxylation is 2. The molecule has 0 saturated carbocycles. The number of carbonyl (C=O) groups is 1. The van der Waals surface area contributed by atoms with E-state index in [0.29, 0.717) is 38.6 Å². The highest BCUT2D eigenvalue weighted by molar-refractivity contribution is 14.0. The molecule has 1 atom stereocenters. The minimum absolute atomic E-state index is 0. The summed E-state index contributed by atoms with van der Waals surface area (Å²) in [5.41, 5.74) is 1.89. The highest BCUT2D eigenvalue weighted by Gasteiger charge is 2.28. The summed E-state index contributed by atoms with van der Waals surface area (Å²) in [6.45, 7) is 10.4. The molecular formula is C24H35IN4O3. The Morgan fingerprint density at radius 3 is 2.56 bits per heavy atom. The number of hydrogen-bond donors (Lipinski definition) is 3. The van der Waals surface area contributed by atoms with Gasteiger partial charge in [0.05, 0.1) is 13.1 Å². The summed E-state index contributed by atoms with van der Waals surface area (Å²) in [4.78, 5) is 18.6. The van der Waals surface area contributed by atoms with Crippen LogP contribution in [0.5, 0.6) is 0 Å². The summed E-state index contributed by atoms with van der Waals surface area (Å²) in [6.07, 6.45) is 1.58. The van der Waals surface area contributed by atoms with Crippen LogP contribution in [0.4, 0.5) is 0 Å². The lowest BCUT2D eigenvalue weighted by atomic mass is 9.96. The molecule has 32 heavy (non-hydrogen) atoms. The van der Waals surface area contributed by atoms with E-state index in [2.05, 4.69) is 22.8 Å². The van der Waals surface area contributed by atoms with Gasteiger partial charge >= 0.3 is 0 Å². The first-order chi connectivity index (χ1) is 14.8. The van der Waals surface area contributed by atoms with E-state index >= 15 is 0 Å². The maximum absolute atomic E-state index is 12.0. The largest absolute Gasteiger partial charge is 0.466 e. The second-order valence-electron chi connectivity index (χ2n) is 8.34. The molecule has 1 aromatic carbocycles. The van der Waals surface area contributed by atoms with Crippen LogP contribution in [0.2, 0.25) is 0 Å². The zero-order valence-corrected chi connectivity index (χ0v) is 21.7. The van der Waals surface area contributed by atoms with Crippen molar-refractivity contribution in [2.75, 3.05) is 19.6 Å². The first kappa shape index (κ1) is 26.2. The number of aliphatic imine (C=N–C) groups is 1. The average molecular weight is 554 g/mol. The highest BCUT2D eigenvalue weighted by Crippen LogP contribution is 2.26.